The van der Waals surface area contributed by atoms with Gasteiger partial charge in [0.25, 0.3) is 0 Å². The normalized spacial score (nSPS) is 25.4. The van der Waals surface area contributed by atoms with Gasteiger partial charge in [-0.25, -0.2) is 0 Å². The third kappa shape index (κ3) is 2.88. The Kier molecular flexibility index (Phi) is 3.55. The van der Waals surface area contributed by atoms with Crippen LogP contribution >= 0.6 is 0 Å². The average molecular weight is 232 g/mol. The lowest BCUT2D eigenvalue weighted by molar-refractivity contribution is 0.274. The van der Waals surface area contributed by atoms with Crippen LogP contribution in [0.1, 0.15) is 30.0 Å². The summed E-state index contributed by atoms with van der Waals surface area (Å²) in [4.78, 5) is 2.53. The molecule has 2 rings (SSSR count). The van der Waals surface area contributed by atoms with Crippen LogP contribution in [-0.2, 0) is 6.54 Å². The van der Waals surface area contributed by atoms with Crippen molar-refractivity contribution in [2.24, 2.45) is 11.1 Å². The minimum absolute atomic E-state index is 0.332. The van der Waals surface area contributed by atoms with Gasteiger partial charge >= 0.3 is 0 Å². The molecule has 0 spiro atoms. The van der Waals surface area contributed by atoms with Gasteiger partial charge in [0.1, 0.15) is 0 Å². The Morgan fingerprint density at radius 3 is 2.71 bits per heavy atom. The zero-order chi connectivity index (χ0) is 12.5. The zero-order valence-electron chi connectivity index (χ0n) is 11.3. The second-order valence-corrected chi connectivity index (χ2v) is 5.91. The standard InChI is InChI=1S/C15H24N2/c1-12-4-5-14(13(2)8-12)9-17-7-6-15(3,10-16)11-17/h4-5,8H,6-7,9-11,16H2,1-3H3. The fourth-order valence-electron chi connectivity index (χ4n) is 2.69. The van der Waals surface area contributed by atoms with Crippen molar-refractivity contribution in [3.05, 3.63) is 34.9 Å². The van der Waals surface area contributed by atoms with Crippen molar-refractivity contribution in [3.8, 4) is 0 Å². The first-order valence-electron chi connectivity index (χ1n) is 6.51. The largest absolute Gasteiger partial charge is 0.330 e. The first-order chi connectivity index (χ1) is 8.02. The summed E-state index contributed by atoms with van der Waals surface area (Å²) in [7, 11) is 0. The Labute approximate surface area is 105 Å². The smallest absolute Gasteiger partial charge is 0.0236 e. The van der Waals surface area contributed by atoms with Crippen LogP contribution in [-0.4, -0.2) is 24.5 Å². The molecule has 0 bridgehead atoms. The van der Waals surface area contributed by atoms with Crippen LogP contribution in [0.4, 0.5) is 0 Å². The van der Waals surface area contributed by atoms with Crippen LogP contribution in [0.25, 0.3) is 0 Å². The summed E-state index contributed by atoms with van der Waals surface area (Å²) in [6.07, 6.45) is 1.23. The van der Waals surface area contributed by atoms with E-state index < -0.39 is 0 Å². The summed E-state index contributed by atoms with van der Waals surface area (Å²) in [5.74, 6) is 0. The Balaban J connectivity index is 2.03. The molecular formula is C15H24N2. The molecule has 1 aromatic carbocycles. The predicted octanol–water partition coefficient (Wildman–Crippen LogP) is 2.47. The molecule has 94 valence electrons. The third-order valence-electron chi connectivity index (χ3n) is 4.02. The number of nitrogens with two attached hydrogens (primary N) is 1. The van der Waals surface area contributed by atoms with Gasteiger partial charge in [-0.2, -0.15) is 0 Å². The highest BCUT2D eigenvalue weighted by Gasteiger charge is 2.32. The van der Waals surface area contributed by atoms with E-state index in [4.69, 9.17) is 5.73 Å². The molecule has 17 heavy (non-hydrogen) atoms. The predicted molar refractivity (Wildman–Crippen MR) is 73.0 cm³/mol. The van der Waals surface area contributed by atoms with Gasteiger partial charge in [-0.05, 0) is 49.9 Å². The lowest BCUT2D eigenvalue weighted by Gasteiger charge is -2.23. The van der Waals surface area contributed by atoms with Crippen molar-refractivity contribution in [2.45, 2.75) is 33.7 Å². The van der Waals surface area contributed by atoms with Gasteiger partial charge in [0.15, 0.2) is 0 Å². The zero-order valence-corrected chi connectivity index (χ0v) is 11.3. The van der Waals surface area contributed by atoms with Crippen LogP contribution in [0, 0.1) is 19.3 Å². The van der Waals surface area contributed by atoms with Gasteiger partial charge in [0.05, 0.1) is 0 Å². The van der Waals surface area contributed by atoms with Crippen molar-refractivity contribution in [1.82, 2.24) is 4.90 Å². The van der Waals surface area contributed by atoms with E-state index in [1.807, 2.05) is 0 Å². The summed E-state index contributed by atoms with van der Waals surface area (Å²) in [5, 5.41) is 0. The van der Waals surface area contributed by atoms with Gasteiger partial charge < -0.3 is 5.73 Å². The first-order valence-corrected chi connectivity index (χ1v) is 6.51. The van der Waals surface area contributed by atoms with E-state index in [1.54, 1.807) is 0 Å². The molecular weight excluding hydrogens is 208 g/mol. The maximum absolute atomic E-state index is 5.85. The lowest BCUT2D eigenvalue weighted by atomic mass is 9.90. The number of hydrogen-bond donors (Lipinski definition) is 1. The highest BCUT2D eigenvalue weighted by molar-refractivity contribution is 5.30. The first kappa shape index (κ1) is 12.6. The van der Waals surface area contributed by atoms with E-state index in [-0.39, 0.29) is 0 Å². The van der Waals surface area contributed by atoms with Gasteiger partial charge in [0.2, 0.25) is 0 Å². The topological polar surface area (TPSA) is 29.3 Å². The van der Waals surface area contributed by atoms with Crippen LogP contribution in [0.5, 0.6) is 0 Å². The van der Waals surface area contributed by atoms with Crippen LogP contribution in [0.3, 0.4) is 0 Å². The van der Waals surface area contributed by atoms with E-state index in [0.717, 1.165) is 19.6 Å². The fourth-order valence-corrected chi connectivity index (χ4v) is 2.69. The van der Waals surface area contributed by atoms with Gasteiger partial charge in [-0.15, -0.1) is 0 Å². The Hall–Kier alpha value is -0.860. The summed E-state index contributed by atoms with van der Waals surface area (Å²) in [6.45, 7) is 10.9. The van der Waals surface area contributed by atoms with E-state index >= 15 is 0 Å². The number of benzene rings is 1. The summed E-state index contributed by atoms with van der Waals surface area (Å²) < 4.78 is 0. The average Bonchev–Trinajstić information content (AvgIpc) is 2.66. The van der Waals surface area contributed by atoms with Crippen LogP contribution < -0.4 is 5.73 Å². The van der Waals surface area contributed by atoms with Crippen molar-refractivity contribution in [3.63, 3.8) is 0 Å². The molecule has 0 amide bonds. The molecule has 1 aliphatic heterocycles. The fraction of sp³-hybridized carbons (Fsp3) is 0.600. The molecule has 1 atom stereocenters. The van der Waals surface area contributed by atoms with Crippen molar-refractivity contribution < 1.29 is 0 Å². The number of rotatable bonds is 3. The molecule has 1 aliphatic rings. The monoisotopic (exact) mass is 232 g/mol. The summed E-state index contributed by atoms with van der Waals surface area (Å²) in [6, 6.07) is 6.75. The van der Waals surface area contributed by atoms with Crippen molar-refractivity contribution in [2.75, 3.05) is 19.6 Å². The highest BCUT2D eigenvalue weighted by Crippen LogP contribution is 2.29. The molecule has 1 saturated heterocycles. The van der Waals surface area contributed by atoms with Crippen molar-refractivity contribution >= 4 is 0 Å². The number of hydrogen-bond acceptors (Lipinski definition) is 2. The van der Waals surface area contributed by atoms with E-state index in [0.29, 0.717) is 5.41 Å². The molecule has 2 N–H and O–H groups in total. The second-order valence-electron chi connectivity index (χ2n) is 5.91. The number of likely N-dealkylation sites (tertiary alicyclic amines) is 1. The maximum Gasteiger partial charge on any atom is 0.0236 e. The van der Waals surface area contributed by atoms with E-state index in [9.17, 15) is 0 Å². The molecule has 1 heterocycles. The molecule has 0 aromatic heterocycles. The van der Waals surface area contributed by atoms with Gasteiger partial charge in [-0.3, -0.25) is 4.90 Å². The molecule has 1 fully saturated rings. The molecule has 2 heteroatoms. The minimum atomic E-state index is 0.332. The van der Waals surface area contributed by atoms with Crippen LogP contribution in [0.2, 0.25) is 0 Å². The minimum Gasteiger partial charge on any atom is -0.330 e. The van der Waals surface area contributed by atoms with Crippen molar-refractivity contribution in [1.29, 1.82) is 0 Å². The molecule has 1 aromatic rings. The molecule has 1 unspecified atom stereocenters. The number of aryl methyl sites for hydroxylation is 2. The summed E-state index contributed by atoms with van der Waals surface area (Å²) >= 11 is 0. The molecule has 0 saturated carbocycles. The Morgan fingerprint density at radius 2 is 2.12 bits per heavy atom. The Bertz CT molecular complexity index is 400. The second kappa shape index (κ2) is 4.79. The van der Waals surface area contributed by atoms with Gasteiger partial charge in [0, 0.05) is 13.1 Å². The van der Waals surface area contributed by atoms with Gasteiger partial charge in [-0.1, -0.05) is 30.7 Å². The summed E-state index contributed by atoms with van der Waals surface area (Å²) in [5.41, 5.74) is 10.4. The molecule has 0 radical (unpaired) electrons. The van der Waals surface area contributed by atoms with E-state index in [1.165, 1.54) is 29.7 Å². The number of nitrogens with zero attached hydrogens (tertiary/aromatic N) is 1. The Morgan fingerprint density at radius 1 is 1.35 bits per heavy atom. The molecule has 0 aliphatic carbocycles. The maximum atomic E-state index is 5.85. The SMILES string of the molecule is Cc1ccc(CN2CCC(C)(CN)C2)c(C)c1. The van der Waals surface area contributed by atoms with Crippen LogP contribution in [0.15, 0.2) is 18.2 Å². The lowest BCUT2D eigenvalue weighted by Crippen LogP contribution is -2.31. The highest BCUT2D eigenvalue weighted by atomic mass is 15.2. The molecule has 2 nitrogen and oxygen atoms in total. The quantitative estimate of drug-likeness (QED) is 0.867. The third-order valence-corrected chi connectivity index (χ3v) is 4.02. The van der Waals surface area contributed by atoms with E-state index in [2.05, 4.69) is 43.9 Å².